The van der Waals surface area contributed by atoms with Gasteiger partial charge in [-0.05, 0) is 96.2 Å². The number of hydrogen-bond acceptors (Lipinski definition) is 14. The predicted molar refractivity (Wildman–Crippen MR) is 259 cm³/mol. The van der Waals surface area contributed by atoms with E-state index in [4.69, 9.17) is 32.0 Å². The van der Waals surface area contributed by atoms with Gasteiger partial charge in [-0.25, -0.2) is 36.5 Å². The molecule has 1 saturated carbocycles. The molecule has 3 aromatic carbocycles. The molecule has 360 valence electrons. The van der Waals surface area contributed by atoms with Gasteiger partial charge in [0.25, 0.3) is 5.91 Å². The lowest BCUT2D eigenvalue weighted by atomic mass is 10.0. The number of nitrogen functional groups attached to an aromatic ring is 1. The van der Waals surface area contributed by atoms with Crippen LogP contribution in [-0.2, 0) is 23.1 Å². The van der Waals surface area contributed by atoms with Crippen LogP contribution in [0.3, 0.4) is 0 Å². The van der Waals surface area contributed by atoms with Crippen molar-refractivity contribution >= 4 is 83.5 Å². The lowest BCUT2D eigenvalue weighted by molar-refractivity contribution is 0.102. The van der Waals surface area contributed by atoms with Gasteiger partial charge in [0.1, 0.15) is 41.6 Å². The van der Waals surface area contributed by atoms with E-state index in [1.807, 2.05) is 7.05 Å². The molecular weight excluding hydrogens is 1010 g/mol. The molecule has 1 saturated heterocycles. The molecule has 0 radical (unpaired) electrons. The largest absolute Gasteiger partial charge is 0.486 e. The number of piperazine rings is 1. The number of carbonyl (C=O) groups is 1. The fourth-order valence-electron chi connectivity index (χ4n) is 7.98. The second-order valence-electron chi connectivity index (χ2n) is 16.8. The zero-order valence-electron chi connectivity index (χ0n) is 37.5. The molecule has 4 aromatic heterocycles. The Morgan fingerprint density at radius 1 is 1.06 bits per heavy atom. The summed E-state index contributed by atoms with van der Waals surface area (Å²) in [5.41, 5.74) is 8.22. The van der Waals surface area contributed by atoms with Crippen molar-refractivity contribution in [2.45, 2.75) is 38.8 Å². The highest BCUT2D eigenvalue weighted by Crippen LogP contribution is 2.41. The summed E-state index contributed by atoms with van der Waals surface area (Å²) in [6, 6.07) is 9.65. The van der Waals surface area contributed by atoms with Crippen LogP contribution in [0.2, 0.25) is 5.02 Å². The van der Waals surface area contributed by atoms with Crippen LogP contribution < -0.4 is 26.0 Å². The first-order valence-electron chi connectivity index (χ1n) is 21.7. The van der Waals surface area contributed by atoms with Crippen molar-refractivity contribution in [2.75, 3.05) is 74.7 Å². The Balaban J connectivity index is 0.911. The zero-order chi connectivity index (χ0) is 48.9. The third-order valence-corrected chi connectivity index (χ3v) is 14.9. The number of rotatable bonds is 16. The van der Waals surface area contributed by atoms with E-state index in [1.165, 1.54) is 40.4 Å². The summed E-state index contributed by atoms with van der Waals surface area (Å²) >= 11 is 9.68. The molecule has 2 aliphatic rings. The summed E-state index contributed by atoms with van der Waals surface area (Å²) in [4.78, 5) is 39.7. The standard InChI is InChI=1S/C45H45BrClF3N14O4S/c1-24(22-63-35-10-9-32(47)37(50)39(35)57-36(63)21-52-44-59-45(62-13-11-60(3)12-14-62)58-42-31(46)20-55-64(42)44)69(66,67)61(4)15-16-68-40-38(53-23-54-41(40)51)30-18-28(48)19-34(25(30)2)56-43(65)29-8-7-27(17-33(29)49)26-5-6-26/h7-10,17-20,23,26H,1,5-6,11-16,21-22H2,2-4H3,(H,56,65)(H2,51,53,54)(H,52,58,59). The summed E-state index contributed by atoms with van der Waals surface area (Å²) in [6.07, 6.45) is 4.68. The maximum absolute atomic E-state index is 15.5. The Kier molecular flexibility index (Phi) is 13.2. The average molecular weight is 1050 g/mol. The number of allylic oxidation sites excluding steroid dienone is 1. The number of fused-ring (bicyclic) bond motifs is 2. The molecule has 24 heteroatoms. The van der Waals surface area contributed by atoms with Crippen LogP contribution in [0.15, 0.2) is 70.9 Å². The van der Waals surface area contributed by atoms with Gasteiger partial charge in [-0.2, -0.15) is 23.9 Å². The molecule has 1 amide bonds. The van der Waals surface area contributed by atoms with Crippen LogP contribution in [0.1, 0.15) is 46.1 Å². The number of amides is 1. The monoisotopic (exact) mass is 1050 g/mol. The Hall–Kier alpha value is -6.40. The molecule has 5 heterocycles. The second-order valence-corrected chi connectivity index (χ2v) is 20.2. The Bertz CT molecular complexity index is 3290. The number of anilines is 4. The fraction of sp³-hybridized carbons (Fsp3) is 0.311. The molecule has 0 bridgehead atoms. The highest BCUT2D eigenvalue weighted by molar-refractivity contribution is 9.10. The average Bonchev–Trinajstić information content (AvgIpc) is 4.03. The summed E-state index contributed by atoms with van der Waals surface area (Å²) in [5.74, 6) is -1.85. The Labute approximate surface area is 407 Å². The van der Waals surface area contributed by atoms with Gasteiger partial charge < -0.3 is 35.5 Å². The van der Waals surface area contributed by atoms with Crippen molar-refractivity contribution in [2.24, 2.45) is 0 Å². The van der Waals surface area contributed by atoms with E-state index < -0.39 is 33.4 Å². The number of hydrogen-bond donors (Lipinski definition) is 3. The molecule has 0 atom stereocenters. The smallest absolute Gasteiger partial charge is 0.258 e. The molecule has 9 rings (SSSR count). The van der Waals surface area contributed by atoms with Crippen LogP contribution in [0.5, 0.6) is 5.75 Å². The van der Waals surface area contributed by atoms with Gasteiger partial charge in [-0.15, -0.1) is 0 Å². The third kappa shape index (κ3) is 9.65. The SMILES string of the molecule is C=C(Cn1c(CNc2nc(N3CCN(C)CC3)nc3c(Br)cnn23)nc2c(F)c(Cl)ccc21)S(=O)(=O)N(C)CCOc1c(N)ncnc1-c1cc(F)cc(NC(=O)c2ccc(C3CC3)cc2F)c1C. The number of benzene rings is 3. The van der Waals surface area contributed by atoms with E-state index in [-0.39, 0.29) is 93.0 Å². The van der Waals surface area contributed by atoms with Gasteiger partial charge in [0.15, 0.2) is 23.0 Å². The van der Waals surface area contributed by atoms with E-state index in [0.29, 0.717) is 40.7 Å². The van der Waals surface area contributed by atoms with Gasteiger partial charge >= 0.3 is 0 Å². The van der Waals surface area contributed by atoms with Crippen molar-refractivity contribution in [3.63, 3.8) is 0 Å². The van der Waals surface area contributed by atoms with Gasteiger partial charge in [0.2, 0.25) is 21.9 Å². The normalized spacial score (nSPS) is 14.5. The van der Waals surface area contributed by atoms with Crippen molar-refractivity contribution < 1.29 is 31.1 Å². The minimum atomic E-state index is -4.28. The first-order chi connectivity index (χ1) is 33.0. The van der Waals surface area contributed by atoms with Gasteiger partial charge in [0.05, 0.1) is 44.8 Å². The van der Waals surface area contributed by atoms with E-state index in [1.54, 1.807) is 25.3 Å². The topological polar surface area (TPSA) is 207 Å². The molecule has 69 heavy (non-hydrogen) atoms. The van der Waals surface area contributed by atoms with Crippen LogP contribution >= 0.6 is 27.5 Å². The van der Waals surface area contributed by atoms with Crippen molar-refractivity contribution in [3.05, 3.63) is 116 Å². The third-order valence-electron chi connectivity index (χ3n) is 12.2. The molecule has 0 spiro atoms. The maximum atomic E-state index is 15.5. The highest BCUT2D eigenvalue weighted by atomic mass is 79.9. The van der Waals surface area contributed by atoms with Crippen LogP contribution in [0.4, 0.5) is 36.6 Å². The quantitative estimate of drug-likeness (QED) is 0.0891. The van der Waals surface area contributed by atoms with Crippen molar-refractivity contribution in [3.8, 4) is 17.0 Å². The number of aromatic nitrogens is 8. The summed E-state index contributed by atoms with van der Waals surface area (Å²) in [6.45, 7) is 7.71. The molecule has 0 unspecified atom stereocenters. The highest BCUT2D eigenvalue weighted by Gasteiger charge is 2.28. The van der Waals surface area contributed by atoms with E-state index in [9.17, 15) is 13.2 Å². The summed E-state index contributed by atoms with van der Waals surface area (Å²) in [7, 11) is -0.900. The number of nitrogens with one attached hydrogen (secondary N) is 2. The van der Waals surface area contributed by atoms with Crippen molar-refractivity contribution in [1.82, 2.24) is 48.3 Å². The number of imidazole rings is 1. The number of nitrogens with two attached hydrogens (primary N) is 1. The lowest BCUT2D eigenvalue weighted by Crippen LogP contribution is -2.45. The molecule has 4 N–H and O–H groups in total. The van der Waals surface area contributed by atoms with Crippen LogP contribution in [-0.4, -0.2) is 116 Å². The molecular formula is C45H45BrClF3N14O4S. The number of likely N-dealkylation sites (N-methyl/N-ethyl adjacent to an activating group) is 2. The summed E-state index contributed by atoms with van der Waals surface area (Å²) < 4.78 is 84.7. The van der Waals surface area contributed by atoms with Gasteiger partial charge in [0, 0.05) is 51.0 Å². The number of halogens is 5. The predicted octanol–water partition coefficient (Wildman–Crippen LogP) is 7.00. The number of nitrogens with zero attached hydrogens (tertiary/aromatic N) is 11. The van der Waals surface area contributed by atoms with Crippen LogP contribution in [0.25, 0.3) is 27.9 Å². The molecule has 2 fully saturated rings. The molecule has 18 nitrogen and oxygen atoms in total. The minimum Gasteiger partial charge on any atom is -0.486 e. The van der Waals surface area contributed by atoms with Crippen molar-refractivity contribution in [1.29, 1.82) is 0 Å². The van der Waals surface area contributed by atoms with E-state index >= 15 is 13.2 Å². The Morgan fingerprint density at radius 3 is 2.57 bits per heavy atom. The number of ether oxygens (including phenoxy) is 1. The maximum Gasteiger partial charge on any atom is 0.258 e. The zero-order valence-corrected chi connectivity index (χ0v) is 40.6. The first kappa shape index (κ1) is 47.7. The van der Waals surface area contributed by atoms with E-state index in [0.717, 1.165) is 48.2 Å². The van der Waals surface area contributed by atoms with Gasteiger partial charge in [-0.1, -0.05) is 24.2 Å². The first-order valence-corrected chi connectivity index (χ1v) is 24.3. The fourth-order valence-corrected chi connectivity index (χ4v) is 9.53. The van der Waals surface area contributed by atoms with Crippen LogP contribution in [0, 0.1) is 24.4 Å². The lowest BCUT2D eigenvalue weighted by Gasteiger charge is -2.32. The Morgan fingerprint density at radius 2 is 1.83 bits per heavy atom. The van der Waals surface area contributed by atoms with Gasteiger partial charge in [-0.3, -0.25) is 4.79 Å². The molecule has 7 aromatic rings. The number of carbonyl (C=O) groups excluding carboxylic acids is 1. The minimum absolute atomic E-state index is 0.0522. The van der Waals surface area contributed by atoms with E-state index in [2.05, 4.69) is 63.0 Å². The molecule has 1 aliphatic heterocycles. The molecule has 1 aliphatic carbocycles. The second kappa shape index (κ2) is 19.2. The number of sulfonamides is 1. The summed E-state index contributed by atoms with van der Waals surface area (Å²) in [5, 5.41) is 10.1.